The maximum absolute atomic E-state index is 14.0. The Balaban J connectivity index is 1.48. The average molecular weight is 425 g/mol. The van der Waals surface area contributed by atoms with Crippen molar-refractivity contribution in [2.75, 3.05) is 6.61 Å². The molecule has 0 bridgehead atoms. The van der Waals surface area contributed by atoms with E-state index in [1.54, 1.807) is 30.3 Å². The second-order valence-corrected chi connectivity index (χ2v) is 7.49. The zero-order valence-electron chi connectivity index (χ0n) is 15.9. The predicted octanol–water partition coefficient (Wildman–Crippen LogP) is 5.25. The molecule has 1 aliphatic heterocycles. The lowest BCUT2D eigenvalue weighted by Crippen LogP contribution is -2.09. The maximum atomic E-state index is 14.0. The number of rotatable bonds is 3. The van der Waals surface area contributed by atoms with Crippen LogP contribution < -0.4 is 0 Å². The van der Waals surface area contributed by atoms with Crippen LogP contribution in [0.25, 0.3) is 34.0 Å². The van der Waals surface area contributed by atoms with Crippen LogP contribution in [0.5, 0.6) is 0 Å². The number of benzene rings is 1. The number of ether oxygens (including phenoxy) is 1. The predicted molar refractivity (Wildman–Crippen MR) is 102 cm³/mol. The number of pyridine rings is 1. The van der Waals surface area contributed by atoms with Gasteiger partial charge in [-0.15, -0.1) is 0 Å². The molecule has 6 rings (SSSR count). The summed E-state index contributed by atoms with van der Waals surface area (Å²) >= 11 is 0. The van der Waals surface area contributed by atoms with E-state index in [1.807, 2.05) is 12.1 Å². The molecule has 9 heteroatoms. The third-order valence-corrected chi connectivity index (χ3v) is 5.54. The van der Waals surface area contributed by atoms with Gasteiger partial charge in [-0.3, -0.25) is 4.98 Å². The molecule has 1 unspecified atom stereocenters. The summed E-state index contributed by atoms with van der Waals surface area (Å²) in [6.07, 6.45) is -3.66. The van der Waals surface area contributed by atoms with Crippen LogP contribution in [-0.2, 0) is 23.8 Å². The Morgan fingerprint density at radius 2 is 1.61 bits per heavy atom. The van der Waals surface area contributed by atoms with Gasteiger partial charge in [0.2, 0.25) is 0 Å². The van der Waals surface area contributed by atoms with Crippen molar-refractivity contribution < 1.29 is 27.0 Å². The van der Waals surface area contributed by atoms with E-state index in [1.165, 1.54) is 0 Å². The fourth-order valence-electron chi connectivity index (χ4n) is 4.00. The summed E-state index contributed by atoms with van der Waals surface area (Å²) in [5.74, 6) is 0.0798. The highest BCUT2D eigenvalue weighted by Gasteiger charge is 2.43. The maximum Gasteiger partial charge on any atom is 0.422 e. The van der Waals surface area contributed by atoms with E-state index >= 15 is 0 Å². The van der Waals surface area contributed by atoms with Gasteiger partial charge in [-0.05, 0) is 25.0 Å². The first-order valence-corrected chi connectivity index (χ1v) is 9.73. The molecule has 1 saturated heterocycles. The minimum Gasteiger partial charge on any atom is -0.366 e. The topological polar surface area (TPSA) is 77.5 Å². The van der Waals surface area contributed by atoms with Crippen molar-refractivity contribution in [2.24, 2.45) is 0 Å². The van der Waals surface area contributed by atoms with Crippen LogP contribution in [0.1, 0.15) is 28.6 Å². The summed E-state index contributed by atoms with van der Waals surface area (Å²) < 4.78 is 58.0. The lowest BCUT2D eigenvalue weighted by atomic mass is 9.91. The zero-order chi connectivity index (χ0) is 21.2. The number of hydrogen-bond donors (Lipinski definition) is 0. The van der Waals surface area contributed by atoms with Crippen LogP contribution in [0.15, 0.2) is 51.5 Å². The summed E-state index contributed by atoms with van der Waals surface area (Å²) in [6.45, 7) is 0.652. The first-order valence-electron chi connectivity index (χ1n) is 9.73. The fourth-order valence-corrected chi connectivity index (χ4v) is 4.00. The van der Waals surface area contributed by atoms with Crippen molar-refractivity contribution in [1.29, 1.82) is 0 Å². The molecule has 0 radical (unpaired) electrons. The summed E-state index contributed by atoms with van der Waals surface area (Å²) in [7, 11) is 0. The highest BCUT2D eigenvalue weighted by molar-refractivity contribution is 5.78. The minimum atomic E-state index is -4.68. The van der Waals surface area contributed by atoms with Crippen LogP contribution in [0, 0.1) is 0 Å². The van der Waals surface area contributed by atoms with E-state index in [0.717, 1.165) is 17.0 Å². The molecule has 1 aromatic carbocycles. The van der Waals surface area contributed by atoms with Crippen LogP contribution in [0.3, 0.4) is 0 Å². The SMILES string of the molecule is FC(F)(F)c1c(-c2noc3c2CCc2nc(C4CO4)ccc2-3)noc1-c1ccccc1. The van der Waals surface area contributed by atoms with E-state index in [2.05, 4.69) is 15.3 Å². The molecule has 1 fully saturated rings. The molecule has 1 atom stereocenters. The van der Waals surface area contributed by atoms with Crippen LogP contribution in [0.2, 0.25) is 0 Å². The van der Waals surface area contributed by atoms with Crippen LogP contribution >= 0.6 is 0 Å². The summed E-state index contributed by atoms with van der Waals surface area (Å²) in [5.41, 5.74) is 1.99. The monoisotopic (exact) mass is 425 g/mol. The molecule has 1 aliphatic carbocycles. The number of aromatic nitrogens is 3. The van der Waals surface area contributed by atoms with Gasteiger partial charge in [-0.2, -0.15) is 13.2 Å². The molecule has 0 spiro atoms. The van der Waals surface area contributed by atoms with Crippen molar-refractivity contribution in [3.05, 3.63) is 65.0 Å². The molecule has 4 aromatic rings. The smallest absolute Gasteiger partial charge is 0.366 e. The Bertz CT molecular complexity index is 1290. The number of alkyl halides is 3. The van der Waals surface area contributed by atoms with Gasteiger partial charge in [-0.25, -0.2) is 0 Å². The van der Waals surface area contributed by atoms with Gasteiger partial charge in [0, 0.05) is 16.7 Å². The van der Waals surface area contributed by atoms with E-state index in [4.69, 9.17) is 13.8 Å². The molecule has 0 amide bonds. The highest BCUT2D eigenvalue weighted by atomic mass is 19.4. The van der Waals surface area contributed by atoms with E-state index in [9.17, 15) is 13.2 Å². The Morgan fingerprint density at radius 1 is 0.871 bits per heavy atom. The third-order valence-electron chi connectivity index (χ3n) is 5.54. The van der Waals surface area contributed by atoms with Crippen LogP contribution in [-0.4, -0.2) is 21.9 Å². The normalized spacial score (nSPS) is 17.3. The second kappa shape index (κ2) is 6.52. The van der Waals surface area contributed by atoms with E-state index < -0.39 is 11.7 Å². The van der Waals surface area contributed by atoms with Crippen molar-refractivity contribution in [1.82, 2.24) is 15.3 Å². The molecular weight excluding hydrogens is 411 g/mol. The highest BCUT2D eigenvalue weighted by Crippen LogP contribution is 2.46. The molecule has 156 valence electrons. The number of nitrogens with zero attached hydrogens (tertiary/aromatic N) is 3. The molecule has 31 heavy (non-hydrogen) atoms. The Kier molecular flexibility index (Phi) is 3.85. The largest absolute Gasteiger partial charge is 0.422 e. The van der Waals surface area contributed by atoms with Crippen molar-refractivity contribution in [2.45, 2.75) is 25.1 Å². The second-order valence-electron chi connectivity index (χ2n) is 7.49. The van der Waals surface area contributed by atoms with Crippen molar-refractivity contribution in [3.63, 3.8) is 0 Å². The van der Waals surface area contributed by atoms with Crippen molar-refractivity contribution in [3.8, 4) is 34.0 Å². The molecule has 4 heterocycles. The number of hydrogen-bond acceptors (Lipinski definition) is 6. The average Bonchev–Trinajstić information content (AvgIpc) is 3.37. The Morgan fingerprint density at radius 3 is 2.35 bits per heavy atom. The van der Waals surface area contributed by atoms with E-state index in [0.29, 0.717) is 30.8 Å². The van der Waals surface area contributed by atoms with Crippen molar-refractivity contribution >= 4 is 0 Å². The Labute approximate surface area is 173 Å². The quantitative estimate of drug-likeness (QED) is 0.418. The van der Waals surface area contributed by atoms with Crippen LogP contribution in [0.4, 0.5) is 13.2 Å². The summed E-state index contributed by atoms with van der Waals surface area (Å²) in [6, 6.07) is 11.8. The van der Waals surface area contributed by atoms with E-state index in [-0.39, 0.29) is 28.8 Å². The molecular formula is C22H14F3N3O3. The third kappa shape index (κ3) is 2.96. The number of aryl methyl sites for hydroxylation is 1. The molecule has 3 aromatic heterocycles. The molecule has 2 aliphatic rings. The van der Waals surface area contributed by atoms with Gasteiger partial charge in [0.1, 0.15) is 23.1 Å². The molecule has 0 saturated carbocycles. The van der Waals surface area contributed by atoms with Gasteiger partial charge in [0.25, 0.3) is 0 Å². The lowest BCUT2D eigenvalue weighted by molar-refractivity contribution is -0.136. The van der Waals surface area contributed by atoms with Gasteiger partial charge in [0.15, 0.2) is 11.5 Å². The fraction of sp³-hybridized carbons (Fsp3) is 0.227. The number of epoxide rings is 1. The summed E-state index contributed by atoms with van der Waals surface area (Å²) in [4.78, 5) is 4.63. The molecule has 6 nitrogen and oxygen atoms in total. The van der Waals surface area contributed by atoms with Gasteiger partial charge in [-0.1, -0.05) is 40.6 Å². The number of halogens is 3. The lowest BCUT2D eigenvalue weighted by Gasteiger charge is -2.15. The first-order chi connectivity index (χ1) is 15.0. The van der Waals surface area contributed by atoms with Gasteiger partial charge in [0.05, 0.1) is 18.0 Å². The first kappa shape index (κ1) is 18.3. The standard InChI is InChI=1S/C22H14F3N3O3/c23-22(24,25)17-19(28-30-20(17)11-4-2-1-3-5-11)18-13-7-8-14-12(21(13)31-27-18)6-9-15(26-14)16-10-29-16/h1-6,9,16H,7-8,10H2. The Hall–Kier alpha value is -3.46. The zero-order valence-corrected chi connectivity index (χ0v) is 15.9. The number of fused-ring (bicyclic) bond motifs is 3. The van der Waals surface area contributed by atoms with Gasteiger partial charge >= 0.3 is 6.18 Å². The minimum absolute atomic E-state index is 0.0258. The molecule has 0 N–H and O–H groups in total. The summed E-state index contributed by atoms with van der Waals surface area (Å²) in [5, 5.41) is 7.73. The van der Waals surface area contributed by atoms with Gasteiger partial charge < -0.3 is 13.8 Å².